The lowest BCUT2D eigenvalue weighted by Crippen LogP contribution is -1.82. The van der Waals surface area contributed by atoms with E-state index in [9.17, 15) is 0 Å². The van der Waals surface area contributed by atoms with Crippen LogP contribution in [0.5, 0.6) is 0 Å². The average molecular weight is 337 g/mol. The number of rotatable bonds is 0. The second kappa shape index (κ2) is 5.29. The average Bonchev–Trinajstić information content (AvgIpc) is 2.27. The fourth-order valence-corrected chi connectivity index (χ4v) is 1.92. The molecule has 0 atom stereocenters. The summed E-state index contributed by atoms with van der Waals surface area (Å²) in [5, 5.41) is 0. The van der Waals surface area contributed by atoms with Crippen LogP contribution < -0.4 is 0 Å². The normalized spacial score (nSPS) is 9.38. The Morgan fingerprint density at radius 2 is 1.75 bits per heavy atom. The standard InChI is InChI=1S/C13H7Br2N/c14-11-4-1-3-10(9-11)7-8-12-5-2-6-13(15)16-12/h1-6,9H. The van der Waals surface area contributed by atoms with Gasteiger partial charge in [-0.2, -0.15) is 0 Å². The third-order valence-electron chi connectivity index (χ3n) is 1.87. The first kappa shape index (κ1) is 11.4. The highest BCUT2D eigenvalue weighted by Crippen LogP contribution is 2.11. The zero-order chi connectivity index (χ0) is 11.4. The van der Waals surface area contributed by atoms with Crippen molar-refractivity contribution in [2.75, 3.05) is 0 Å². The molecule has 0 aliphatic heterocycles. The van der Waals surface area contributed by atoms with Crippen molar-refractivity contribution in [3.63, 3.8) is 0 Å². The van der Waals surface area contributed by atoms with Gasteiger partial charge in [-0.3, -0.25) is 0 Å². The van der Waals surface area contributed by atoms with E-state index in [-0.39, 0.29) is 0 Å². The van der Waals surface area contributed by atoms with Gasteiger partial charge in [0, 0.05) is 10.0 Å². The van der Waals surface area contributed by atoms with Gasteiger partial charge in [0.2, 0.25) is 0 Å². The fraction of sp³-hybridized carbons (Fsp3) is 0. The summed E-state index contributed by atoms with van der Waals surface area (Å²) in [6.45, 7) is 0. The molecule has 3 heteroatoms. The number of pyridine rings is 1. The van der Waals surface area contributed by atoms with Crippen molar-refractivity contribution >= 4 is 31.9 Å². The van der Waals surface area contributed by atoms with Crippen molar-refractivity contribution in [2.24, 2.45) is 0 Å². The van der Waals surface area contributed by atoms with Crippen LogP contribution in [0.15, 0.2) is 51.5 Å². The van der Waals surface area contributed by atoms with E-state index >= 15 is 0 Å². The molecule has 0 radical (unpaired) electrons. The molecule has 1 aromatic heterocycles. The van der Waals surface area contributed by atoms with E-state index in [4.69, 9.17) is 0 Å². The van der Waals surface area contributed by atoms with Crippen LogP contribution in [0.3, 0.4) is 0 Å². The lowest BCUT2D eigenvalue weighted by molar-refractivity contribution is 1.24. The molecule has 16 heavy (non-hydrogen) atoms. The fourth-order valence-electron chi connectivity index (χ4n) is 1.18. The van der Waals surface area contributed by atoms with Crippen molar-refractivity contribution in [3.8, 4) is 11.8 Å². The van der Waals surface area contributed by atoms with Crippen LogP contribution in [0.2, 0.25) is 0 Å². The van der Waals surface area contributed by atoms with Crippen LogP contribution in [0, 0.1) is 11.8 Å². The van der Waals surface area contributed by atoms with Crippen molar-refractivity contribution in [2.45, 2.75) is 0 Å². The summed E-state index contributed by atoms with van der Waals surface area (Å²) in [5.41, 5.74) is 1.73. The second-order valence-electron chi connectivity index (χ2n) is 3.11. The molecule has 1 aromatic carbocycles. The highest BCUT2D eigenvalue weighted by molar-refractivity contribution is 9.10. The molecular weight excluding hydrogens is 330 g/mol. The predicted octanol–water partition coefficient (Wildman–Crippen LogP) is 4.01. The van der Waals surface area contributed by atoms with Crippen LogP contribution in [-0.4, -0.2) is 4.98 Å². The smallest absolute Gasteiger partial charge is 0.114 e. The third-order valence-corrected chi connectivity index (χ3v) is 2.81. The quantitative estimate of drug-likeness (QED) is 0.523. The number of nitrogens with zero attached hydrogens (tertiary/aromatic N) is 1. The van der Waals surface area contributed by atoms with Gasteiger partial charge in [0.25, 0.3) is 0 Å². The Morgan fingerprint density at radius 3 is 2.50 bits per heavy atom. The summed E-state index contributed by atoms with van der Waals surface area (Å²) in [4.78, 5) is 4.24. The Kier molecular flexibility index (Phi) is 3.76. The second-order valence-corrected chi connectivity index (χ2v) is 4.83. The number of aromatic nitrogens is 1. The van der Waals surface area contributed by atoms with Gasteiger partial charge < -0.3 is 0 Å². The number of benzene rings is 1. The molecule has 0 fully saturated rings. The van der Waals surface area contributed by atoms with Crippen molar-refractivity contribution in [1.82, 2.24) is 4.98 Å². The molecule has 2 rings (SSSR count). The highest BCUT2D eigenvalue weighted by atomic mass is 79.9. The van der Waals surface area contributed by atoms with E-state index in [0.717, 1.165) is 20.3 Å². The molecule has 2 aromatic rings. The van der Waals surface area contributed by atoms with Crippen LogP contribution in [-0.2, 0) is 0 Å². The molecule has 0 saturated heterocycles. The molecule has 0 amide bonds. The first-order valence-electron chi connectivity index (χ1n) is 4.64. The summed E-state index contributed by atoms with van der Waals surface area (Å²) in [6, 6.07) is 13.6. The Balaban J connectivity index is 2.28. The van der Waals surface area contributed by atoms with Crippen LogP contribution in [0.4, 0.5) is 0 Å². The zero-order valence-corrected chi connectivity index (χ0v) is 11.4. The van der Waals surface area contributed by atoms with Gasteiger partial charge in [0.1, 0.15) is 10.3 Å². The monoisotopic (exact) mass is 335 g/mol. The summed E-state index contributed by atoms with van der Waals surface area (Å²) in [7, 11) is 0. The Bertz CT molecular complexity index is 518. The maximum atomic E-state index is 4.24. The minimum atomic E-state index is 0.759. The zero-order valence-electron chi connectivity index (χ0n) is 8.24. The Hall–Kier alpha value is -1.11. The molecule has 1 nitrogen and oxygen atoms in total. The van der Waals surface area contributed by atoms with E-state index in [2.05, 4.69) is 48.7 Å². The van der Waals surface area contributed by atoms with E-state index in [1.165, 1.54) is 0 Å². The molecule has 0 spiro atoms. The molecule has 0 aliphatic rings. The van der Waals surface area contributed by atoms with Gasteiger partial charge in [-0.15, -0.1) is 0 Å². The highest BCUT2D eigenvalue weighted by Gasteiger charge is 1.91. The van der Waals surface area contributed by atoms with Gasteiger partial charge in [-0.05, 0) is 52.2 Å². The molecule has 0 unspecified atom stereocenters. The van der Waals surface area contributed by atoms with Gasteiger partial charge in [0.15, 0.2) is 0 Å². The maximum absolute atomic E-state index is 4.24. The van der Waals surface area contributed by atoms with Gasteiger partial charge >= 0.3 is 0 Å². The van der Waals surface area contributed by atoms with Crippen molar-refractivity contribution in [3.05, 3.63) is 62.8 Å². The molecular formula is C13H7Br2N. The van der Waals surface area contributed by atoms with E-state index in [1.54, 1.807) is 0 Å². The Labute approximate surface area is 111 Å². The number of halogens is 2. The Morgan fingerprint density at radius 1 is 0.938 bits per heavy atom. The lowest BCUT2D eigenvalue weighted by atomic mass is 10.2. The summed E-state index contributed by atoms with van der Waals surface area (Å²) < 4.78 is 1.83. The van der Waals surface area contributed by atoms with Gasteiger partial charge in [-0.25, -0.2) is 4.98 Å². The first-order chi connectivity index (χ1) is 7.74. The van der Waals surface area contributed by atoms with E-state index < -0.39 is 0 Å². The molecule has 0 N–H and O–H groups in total. The van der Waals surface area contributed by atoms with E-state index in [0.29, 0.717) is 0 Å². The third kappa shape index (κ3) is 3.19. The predicted molar refractivity (Wildman–Crippen MR) is 72.1 cm³/mol. The minimum absolute atomic E-state index is 0.759. The maximum Gasteiger partial charge on any atom is 0.114 e. The van der Waals surface area contributed by atoms with Crippen molar-refractivity contribution < 1.29 is 0 Å². The van der Waals surface area contributed by atoms with Gasteiger partial charge in [-0.1, -0.05) is 34.0 Å². The topological polar surface area (TPSA) is 12.9 Å². The van der Waals surface area contributed by atoms with Crippen LogP contribution in [0.25, 0.3) is 0 Å². The minimum Gasteiger partial charge on any atom is -0.232 e. The first-order valence-corrected chi connectivity index (χ1v) is 6.23. The lowest BCUT2D eigenvalue weighted by Gasteiger charge is -1.92. The van der Waals surface area contributed by atoms with Crippen molar-refractivity contribution in [1.29, 1.82) is 0 Å². The van der Waals surface area contributed by atoms with E-state index in [1.807, 2.05) is 42.5 Å². The van der Waals surface area contributed by atoms with Gasteiger partial charge in [0.05, 0.1) is 0 Å². The van der Waals surface area contributed by atoms with Crippen LogP contribution in [0.1, 0.15) is 11.3 Å². The van der Waals surface area contributed by atoms with Crippen LogP contribution >= 0.6 is 31.9 Å². The SMILES string of the molecule is Brc1cccc(C#Cc2cccc(Br)n2)c1. The molecule has 78 valence electrons. The molecule has 0 aliphatic carbocycles. The molecule has 0 saturated carbocycles. The largest absolute Gasteiger partial charge is 0.232 e. The summed E-state index contributed by atoms with van der Waals surface area (Å²) in [5.74, 6) is 6.08. The molecule has 0 bridgehead atoms. The number of hydrogen-bond donors (Lipinski definition) is 0. The number of hydrogen-bond acceptors (Lipinski definition) is 1. The summed E-state index contributed by atoms with van der Waals surface area (Å²) >= 11 is 6.72. The molecule has 1 heterocycles. The summed E-state index contributed by atoms with van der Waals surface area (Å²) in [6.07, 6.45) is 0.